The number of alkyl halides is 3. The summed E-state index contributed by atoms with van der Waals surface area (Å²) in [6.45, 7) is 1.48. The van der Waals surface area contributed by atoms with Crippen molar-refractivity contribution in [3.05, 3.63) is 17.7 Å². The number of amides is 1. The molecule has 0 aliphatic rings. The van der Waals surface area contributed by atoms with E-state index in [0.29, 0.717) is 5.56 Å². The average molecular weight is 381 g/mol. The van der Waals surface area contributed by atoms with Crippen LogP contribution in [0.2, 0.25) is 0 Å². The van der Waals surface area contributed by atoms with Gasteiger partial charge in [0.15, 0.2) is 6.61 Å². The number of anilines is 1. The fourth-order valence-electron chi connectivity index (χ4n) is 1.74. The van der Waals surface area contributed by atoms with Crippen molar-refractivity contribution >= 4 is 29.1 Å². The van der Waals surface area contributed by atoms with Crippen molar-refractivity contribution in [1.29, 1.82) is 0 Å². The molecule has 0 unspecified atom stereocenters. The third-order valence-corrected chi connectivity index (χ3v) is 3.10. The normalized spacial score (nSPS) is 11.8. The lowest BCUT2D eigenvalue weighted by molar-refractivity contribution is -0.154. The number of hydrogen-bond donors (Lipinski definition) is 4. The molecule has 0 aliphatic heterocycles. The molecule has 4 N–H and O–H groups in total. The second-order valence-electron chi connectivity index (χ2n) is 5.54. The Bertz CT molecular complexity index is 633. The molecule has 0 aliphatic carbocycles. The maximum Gasteiger partial charge on any atom is 0.422 e. The molecule has 1 aromatic heterocycles. The lowest BCUT2D eigenvalue weighted by Gasteiger charge is -2.22. The number of carboxylic acid groups (broad SMARTS) is 1. The third-order valence-electron chi connectivity index (χ3n) is 2.80. The Hall–Kier alpha value is -2.14. The predicted octanol–water partition coefficient (Wildman–Crippen LogP) is 2.65. The molecule has 0 bridgehead atoms. The molecule has 25 heavy (non-hydrogen) atoms. The molecule has 1 rings (SSSR count). The monoisotopic (exact) mass is 381 g/mol. The van der Waals surface area contributed by atoms with Crippen molar-refractivity contribution in [3.63, 3.8) is 0 Å². The van der Waals surface area contributed by atoms with Crippen molar-refractivity contribution in [1.82, 2.24) is 10.3 Å². The molecule has 1 heterocycles. The minimum atomic E-state index is -4.51. The number of hydrogen-bond acceptors (Lipinski definition) is 5. The molecule has 0 atom stereocenters. The van der Waals surface area contributed by atoms with E-state index in [4.69, 9.17) is 17.3 Å². The molecule has 0 aromatic carbocycles. The second kappa shape index (κ2) is 8.30. The smallest absolute Gasteiger partial charge is 0.422 e. The third kappa shape index (κ3) is 7.98. The zero-order chi connectivity index (χ0) is 19.3. The first-order valence-electron chi connectivity index (χ1n) is 7.08. The van der Waals surface area contributed by atoms with Crippen LogP contribution in [0.4, 0.5) is 23.8 Å². The van der Waals surface area contributed by atoms with E-state index in [1.807, 2.05) is 0 Å². The van der Waals surface area contributed by atoms with Crippen molar-refractivity contribution < 1.29 is 32.9 Å². The van der Waals surface area contributed by atoms with Crippen LogP contribution in [0.25, 0.3) is 0 Å². The van der Waals surface area contributed by atoms with Crippen LogP contribution in [0, 0.1) is 0 Å². The first-order chi connectivity index (χ1) is 11.4. The molecule has 0 saturated heterocycles. The summed E-state index contributed by atoms with van der Waals surface area (Å²) < 4.78 is 41.3. The highest BCUT2D eigenvalue weighted by atomic mass is 32.1. The van der Waals surface area contributed by atoms with Crippen molar-refractivity contribution in [2.75, 3.05) is 18.5 Å². The van der Waals surface area contributed by atoms with Gasteiger partial charge in [-0.05, 0) is 19.9 Å². The number of halogens is 3. The van der Waals surface area contributed by atoms with Gasteiger partial charge in [-0.2, -0.15) is 18.2 Å². The summed E-state index contributed by atoms with van der Waals surface area (Å²) >= 11 is 5.05. The van der Waals surface area contributed by atoms with Crippen LogP contribution in [-0.2, 0) is 5.60 Å². The van der Waals surface area contributed by atoms with E-state index in [9.17, 15) is 23.1 Å². The molecule has 1 aromatic rings. The highest BCUT2D eigenvalue weighted by Crippen LogP contribution is 2.29. The summed E-state index contributed by atoms with van der Waals surface area (Å²) in [6, 6.07) is 2.58. The van der Waals surface area contributed by atoms with E-state index >= 15 is 0 Å². The predicted molar refractivity (Wildman–Crippen MR) is 87.9 cm³/mol. The van der Waals surface area contributed by atoms with Gasteiger partial charge in [0, 0.05) is 24.6 Å². The van der Waals surface area contributed by atoms with Crippen LogP contribution in [0.5, 0.6) is 5.88 Å². The summed E-state index contributed by atoms with van der Waals surface area (Å²) in [5, 5.41) is 23.5. The van der Waals surface area contributed by atoms with Crippen LogP contribution in [-0.4, -0.2) is 45.6 Å². The maximum absolute atomic E-state index is 12.2. The van der Waals surface area contributed by atoms with Crippen molar-refractivity contribution in [3.8, 4) is 5.88 Å². The summed E-state index contributed by atoms with van der Waals surface area (Å²) in [7, 11) is 0. The molecule has 0 saturated carbocycles. The highest BCUT2D eigenvalue weighted by Gasteiger charge is 2.29. The zero-order valence-corrected chi connectivity index (χ0v) is 14.3. The van der Waals surface area contributed by atoms with Gasteiger partial charge >= 0.3 is 12.3 Å². The SMILES string of the molecule is CC(C)(O)c1ccc(OCC(F)(F)F)nc1NC(=S)CCNC(=O)O. The molecular weight excluding hydrogens is 363 g/mol. The number of carbonyl (C=O) groups is 1. The Balaban J connectivity index is 2.91. The summed E-state index contributed by atoms with van der Waals surface area (Å²) in [4.78, 5) is 14.5. The summed E-state index contributed by atoms with van der Waals surface area (Å²) in [5.74, 6) is -0.258. The minimum Gasteiger partial charge on any atom is -0.468 e. The fourth-order valence-corrected chi connectivity index (χ4v) is 1.94. The van der Waals surface area contributed by atoms with Gasteiger partial charge in [-0.25, -0.2) is 4.79 Å². The number of aromatic nitrogens is 1. The molecule has 11 heteroatoms. The Morgan fingerprint density at radius 1 is 1.36 bits per heavy atom. The van der Waals surface area contributed by atoms with Crippen LogP contribution in [0.3, 0.4) is 0 Å². The molecule has 1 amide bonds. The molecular formula is C14H18F3N3O4S. The number of thiocarbonyl (C=S) groups is 1. The number of nitrogens with one attached hydrogen (secondary N) is 2. The Kier molecular flexibility index (Phi) is 6.94. The van der Waals surface area contributed by atoms with Crippen LogP contribution in [0.1, 0.15) is 25.8 Å². The summed E-state index contributed by atoms with van der Waals surface area (Å²) in [5.41, 5.74) is -1.05. The lowest BCUT2D eigenvalue weighted by Crippen LogP contribution is -2.27. The Morgan fingerprint density at radius 3 is 2.52 bits per heavy atom. The van der Waals surface area contributed by atoms with Gasteiger partial charge in [0.2, 0.25) is 5.88 Å². The molecule has 0 fully saturated rings. The van der Waals surface area contributed by atoms with Crippen LogP contribution in [0.15, 0.2) is 12.1 Å². The minimum absolute atomic E-state index is 0.0347. The maximum atomic E-state index is 12.2. The van der Waals surface area contributed by atoms with Crippen molar-refractivity contribution in [2.45, 2.75) is 32.0 Å². The van der Waals surface area contributed by atoms with Gasteiger partial charge in [-0.15, -0.1) is 0 Å². The second-order valence-corrected chi connectivity index (χ2v) is 6.03. The molecule has 0 radical (unpaired) electrons. The van der Waals surface area contributed by atoms with Gasteiger partial charge in [0.25, 0.3) is 0 Å². The van der Waals surface area contributed by atoms with Crippen molar-refractivity contribution in [2.24, 2.45) is 0 Å². The number of pyridine rings is 1. The first kappa shape index (κ1) is 20.9. The quantitative estimate of drug-likeness (QED) is 0.538. The topological polar surface area (TPSA) is 104 Å². The van der Waals surface area contributed by atoms with E-state index in [0.717, 1.165) is 0 Å². The largest absolute Gasteiger partial charge is 0.468 e. The van der Waals surface area contributed by atoms with Crippen LogP contribution >= 0.6 is 12.2 Å². The number of nitrogens with zero attached hydrogens (tertiary/aromatic N) is 1. The molecule has 7 nitrogen and oxygen atoms in total. The molecule has 0 spiro atoms. The van der Waals surface area contributed by atoms with E-state index in [1.165, 1.54) is 26.0 Å². The number of ether oxygens (including phenoxy) is 1. The Morgan fingerprint density at radius 2 is 2.00 bits per heavy atom. The van der Waals surface area contributed by atoms with E-state index in [1.54, 1.807) is 0 Å². The standard InChI is InChI=1S/C14H18F3N3O4S/c1-13(2,23)8-3-4-9(24-7-14(15,16)17)19-11(8)20-10(25)5-6-18-12(21)22/h3-4,18,23H,5-7H2,1-2H3,(H,21,22)(H,19,20,25). The molecule has 140 valence electrons. The Labute approximate surface area is 147 Å². The van der Waals surface area contributed by atoms with Gasteiger partial charge in [0.05, 0.1) is 10.6 Å². The first-order valence-corrected chi connectivity index (χ1v) is 7.49. The number of rotatable bonds is 7. The number of aliphatic hydroxyl groups is 1. The summed E-state index contributed by atoms with van der Waals surface area (Å²) in [6.07, 6.45) is -5.58. The van der Waals surface area contributed by atoms with Crippen LogP contribution < -0.4 is 15.4 Å². The average Bonchev–Trinajstić information content (AvgIpc) is 2.42. The van der Waals surface area contributed by atoms with E-state index in [2.05, 4.69) is 20.4 Å². The van der Waals surface area contributed by atoms with E-state index < -0.39 is 24.5 Å². The van der Waals surface area contributed by atoms with E-state index in [-0.39, 0.29) is 29.7 Å². The van der Waals surface area contributed by atoms with Gasteiger partial charge in [-0.3, -0.25) is 0 Å². The van der Waals surface area contributed by atoms with Gasteiger partial charge < -0.3 is 25.6 Å². The zero-order valence-electron chi connectivity index (χ0n) is 13.5. The van der Waals surface area contributed by atoms with Gasteiger partial charge in [-0.1, -0.05) is 12.2 Å². The lowest BCUT2D eigenvalue weighted by atomic mass is 9.99. The highest BCUT2D eigenvalue weighted by molar-refractivity contribution is 7.80. The fraction of sp³-hybridized carbons (Fsp3) is 0.500. The van der Waals surface area contributed by atoms with Gasteiger partial charge in [0.1, 0.15) is 5.82 Å².